The molecule has 0 bridgehead atoms. The average Bonchev–Trinajstić information content (AvgIpc) is 2.42. The Labute approximate surface area is 118 Å². The first-order valence-electron chi connectivity index (χ1n) is 5.32. The highest BCUT2D eigenvalue weighted by atomic mass is 19.4. The Morgan fingerprint density at radius 1 is 1.10 bits per heavy atom. The highest BCUT2D eigenvalue weighted by Crippen LogP contribution is 2.30. The summed E-state index contributed by atoms with van der Waals surface area (Å²) in [5.41, 5.74) is 4.42. The molecule has 0 aromatic carbocycles. The Morgan fingerprint density at radius 2 is 1.76 bits per heavy atom. The number of alkyl halides is 3. The summed E-state index contributed by atoms with van der Waals surface area (Å²) in [4.78, 5) is 6.59. The maximum Gasteiger partial charge on any atom is 0.416 e. The third-order valence-corrected chi connectivity index (χ3v) is 2.14. The van der Waals surface area contributed by atoms with E-state index in [1.807, 2.05) is 0 Å². The second-order valence-electron chi connectivity index (χ2n) is 3.51. The summed E-state index contributed by atoms with van der Waals surface area (Å²) >= 11 is 0. The van der Waals surface area contributed by atoms with Crippen LogP contribution in [0.25, 0.3) is 0 Å². The van der Waals surface area contributed by atoms with Gasteiger partial charge in [-0.1, -0.05) is 7.43 Å². The Morgan fingerprint density at radius 3 is 2.14 bits per heavy atom. The standard InChI is InChI=1S/C7H7F3N2.C5H3F2N.CH4/c8-7(9,10)6-1-2-12-4-5(6)3-11;6-4-2-1-3-8-5(4)7;/h1-2,4H,3,11H2;1-3H;1H4. The van der Waals surface area contributed by atoms with Crippen LogP contribution < -0.4 is 5.73 Å². The van der Waals surface area contributed by atoms with E-state index in [0.717, 1.165) is 24.5 Å². The summed E-state index contributed by atoms with van der Waals surface area (Å²) in [6, 6.07) is 3.27. The van der Waals surface area contributed by atoms with Crippen LogP contribution in [-0.2, 0) is 12.7 Å². The molecule has 116 valence electrons. The SMILES string of the molecule is C.Fc1cccnc1F.NCc1cnccc1C(F)(F)F. The highest BCUT2D eigenvalue weighted by molar-refractivity contribution is 5.25. The van der Waals surface area contributed by atoms with E-state index in [4.69, 9.17) is 5.73 Å². The zero-order valence-electron chi connectivity index (χ0n) is 10.0. The zero-order chi connectivity index (χ0) is 15.2. The van der Waals surface area contributed by atoms with Crippen molar-refractivity contribution in [3.8, 4) is 0 Å². The van der Waals surface area contributed by atoms with E-state index < -0.39 is 23.5 Å². The quantitative estimate of drug-likeness (QED) is 0.647. The van der Waals surface area contributed by atoms with Crippen LogP contribution in [0.4, 0.5) is 22.0 Å². The molecule has 0 fully saturated rings. The van der Waals surface area contributed by atoms with Gasteiger partial charge in [-0.15, -0.1) is 0 Å². The molecule has 0 aliphatic heterocycles. The molecule has 0 saturated heterocycles. The van der Waals surface area contributed by atoms with Gasteiger partial charge in [0.25, 0.3) is 0 Å². The van der Waals surface area contributed by atoms with Crippen LogP contribution in [0.5, 0.6) is 0 Å². The third kappa shape index (κ3) is 5.82. The van der Waals surface area contributed by atoms with Gasteiger partial charge in [0.05, 0.1) is 5.56 Å². The smallest absolute Gasteiger partial charge is 0.326 e. The minimum absolute atomic E-state index is 0. The van der Waals surface area contributed by atoms with Crippen LogP contribution in [-0.4, -0.2) is 9.97 Å². The molecule has 0 amide bonds. The summed E-state index contributed by atoms with van der Waals surface area (Å²) in [6.07, 6.45) is -0.916. The van der Waals surface area contributed by atoms with Crippen LogP contribution in [0.1, 0.15) is 18.6 Å². The van der Waals surface area contributed by atoms with Gasteiger partial charge in [0.15, 0.2) is 5.82 Å². The maximum atomic E-state index is 12.2. The van der Waals surface area contributed by atoms with E-state index in [1.54, 1.807) is 0 Å². The maximum absolute atomic E-state index is 12.2. The fourth-order valence-corrected chi connectivity index (χ4v) is 1.23. The second kappa shape index (κ2) is 8.25. The van der Waals surface area contributed by atoms with Gasteiger partial charge < -0.3 is 5.73 Å². The lowest BCUT2D eigenvalue weighted by Crippen LogP contribution is -2.11. The number of nitrogens with two attached hydrogens (primary N) is 1. The lowest BCUT2D eigenvalue weighted by molar-refractivity contribution is -0.138. The summed E-state index contributed by atoms with van der Waals surface area (Å²) in [7, 11) is 0. The van der Waals surface area contributed by atoms with Crippen molar-refractivity contribution in [2.24, 2.45) is 5.73 Å². The fourth-order valence-electron chi connectivity index (χ4n) is 1.23. The first-order valence-corrected chi connectivity index (χ1v) is 5.32. The Hall–Kier alpha value is -2.09. The minimum atomic E-state index is -4.34. The number of aromatic nitrogens is 2. The average molecular weight is 307 g/mol. The van der Waals surface area contributed by atoms with Gasteiger partial charge in [-0.05, 0) is 23.8 Å². The lowest BCUT2D eigenvalue weighted by atomic mass is 10.1. The molecule has 0 aliphatic rings. The largest absolute Gasteiger partial charge is 0.416 e. The van der Waals surface area contributed by atoms with Crippen LogP contribution in [0.15, 0.2) is 36.8 Å². The van der Waals surface area contributed by atoms with Crippen molar-refractivity contribution in [3.63, 3.8) is 0 Å². The van der Waals surface area contributed by atoms with E-state index in [-0.39, 0.29) is 19.5 Å². The molecule has 0 aliphatic carbocycles. The van der Waals surface area contributed by atoms with Gasteiger partial charge in [-0.2, -0.15) is 17.6 Å². The molecule has 21 heavy (non-hydrogen) atoms. The van der Waals surface area contributed by atoms with Gasteiger partial charge >= 0.3 is 6.18 Å². The van der Waals surface area contributed by atoms with E-state index in [9.17, 15) is 22.0 Å². The van der Waals surface area contributed by atoms with Crippen molar-refractivity contribution < 1.29 is 22.0 Å². The molecular weight excluding hydrogens is 293 g/mol. The van der Waals surface area contributed by atoms with Gasteiger partial charge in [0.2, 0.25) is 5.95 Å². The molecule has 8 heteroatoms. The normalized spacial score (nSPS) is 10.2. The first kappa shape index (κ1) is 18.9. The number of halogens is 5. The number of pyridine rings is 2. The third-order valence-electron chi connectivity index (χ3n) is 2.14. The first-order chi connectivity index (χ1) is 9.36. The molecule has 2 aromatic rings. The monoisotopic (exact) mass is 307 g/mol. The van der Waals surface area contributed by atoms with Gasteiger partial charge in [0.1, 0.15) is 0 Å². The molecule has 0 radical (unpaired) electrons. The number of hydrogen-bond acceptors (Lipinski definition) is 3. The van der Waals surface area contributed by atoms with Crippen LogP contribution in [0.3, 0.4) is 0 Å². The predicted molar refractivity (Wildman–Crippen MR) is 68.0 cm³/mol. The van der Waals surface area contributed by atoms with Gasteiger partial charge in [0, 0.05) is 25.1 Å². The minimum Gasteiger partial charge on any atom is -0.326 e. The lowest BCUT2D eigenvalue weighted by Gasteiger charge is -2.09. The molecule has 2 rings (SSSR count). The van der Waals surface area contributed by atoms with Crippen molar-refractivity contribution >= 4 is 0 Å². The molecular formula is C13H14F5N3. The highest BCUT2D eigenvalue weighted by Gasteiger charge is 2.32. The van der Waals surface area contributed by atoms with Crippen molar-refractivity contribution in [2.45, 2.75) is 20.1 Å². The Kier molecular flexibility index (Phi) is 7.43. The van der Waals surface area contributed by atoms with Crippen molar-refractivity contribution in [1.82, 2.24) is 9.97 Å². The van der Waals surface area contributed by atoms with E-state index in [1.165, 1.54) is 12.3 Å². The molecule has 2 N–H and O–H groups in total. The summed E-state index contributed by atoms with van der Waals surface area (Å²) in [6.45, 7) is -0.150. The summed E-state index contributed by atoms with van der Waals surface area (Å²) in [5.74, 6) is -1.96. The van der Waals surface area contributed by atoms with Crippen LogP contribution in [0.2, 0.25) is 0 Å². The van der Waals surface area contributed by atoms with E-state index >= 15 is 0 Å². The summed E-state index contributed by atoms with van der Waals surface area (Å²) < 4.78 is 60.2. The Bertz CT molecular complexity index is 536. The zero-order valence-corrected chi connectivity index (χ0v) is 10.0. The molecule has 2 aromatic heterocycles. The number of nitrogens with zero attached hydrogens (tertiary/aromatic N) is 2. The number of hydrogen-bond donors (Lipinski definition) is 1. The topological polar surface area (TPSA) is 51.8 Å². The Balaban J connectivity index is 0.000000390. The molecule has 0 atom stereocenters. The fraction of sp³-hybridized carbons (Fsp3) is 0.231. The van der Waals surface area contributed by atoms with Gasteiger partial charge in [-0.3, -0.25) is 4.98 Å². The molecule has 2 heterocycles. The van der Waals surface area contributed by atoms with Crippen LogP contribution >= 0.6 is 0 Å². The van der Waals surface area contributed by atoms with Crippen molar-refractivity contribution in [2.75, 3.05) is 0 Å². The molecule has 0 unspecified atom stereocenters. The van der Waals surface area contributed by atoms with Gasteiger partial charge in [-0.25, -0.2) is 9.37 Å². The molecule has 0 saturated carbocycles. The van der Waals surface area contributed by atoms with Crippen molar-refractivity contribution in [3.05, 3.63) is 59.7 Å². The van der Waals surface area contributed by atoms with Crippen molar-refractivity contribution in [1.29, 1.82) is 0 Å². The van der Waals surface area contributed by atoms with Crippen LogP contribution in [0, 0.1) is 11.8 Å². The van der Waals surface area contributed by atoms with E-state index in [2.05, 4.69) is 9.97 Å². The van der Waals surface area contributed by atoms with E-state index in [0.29, 0.717) is 0 Å². The number of rotatable bonds is 1. The summed E-state index contributed by atoms with van der Waals surface area (Å²) in [5, 5.41) is 0. The molecule has 3 nitrogen and oxygen atoms in total. The second-order valence-corrected chi connectivity index (χ2v) is 3.51. The predicted octanol–water partition coefficient (Wildman–Crippen LogP) is 3.56. The molecule has 0 spiro atoms.